The molecule has 0 aromatic rings. The van der Waals surface area contributed by atoms with Crippen molar-refractivity contribution in [2.45, 2.75) is 233 Å². The van der Waals surface area contributed by atoms with E-state index >= 15 is 0 Å². The lowest BCUT2D eigenvalue weighted by atomic mass is 9.47. The van der Waals surface area contributed by atoms with Crippen molar-refractivity contribution in [1.82, 2.24) is 0 Å². The first-order valence-corrected chi connectivity index (χ1v) is 25.3. The van der Waals surface area contributed by atoms with Gasteiger partial charge < -0.3 is 29.5 Å². The molecule has 344 valence electrons. The molecule has 0 unspecified atom stereocenters. The van der Waals surface area contributed by atoms with Gasteiger partial charge in [0, 0.05) is 6.42 Å². The number of rotatable bonds is 24. The molecule has 14 atom stereocenters. The van der Waals surface area contributed by atoms with Gasteiger partial charge in [-0.3, -0.25) is 4.79 Å². The van der Waals surface area contributed by atoms with Crippen molar-refractivity contribution in [1.29, 1.82) is 0 Å². The van der Waals surface area contributed by atoms with Gasteiger partial charge >= 0.3 is 5.97 Å². The molecule has 0 aromatic carbocycles. The van der Waals surface area contributed by atoms with E-state index in [1.54, 1.807) is 0 Å². The minimum absolute atomic E-state index is 0.150. The third kappa shape index (κ3) is 12.4. The van der Waals surface area contributed by atoms with Gasteiger partial charge in [-0.2, -0.15) is 0 Å². The molecule has 60 heavy (non-hydrogen) atoms. The van der Waals surface area contributed by atoms with E-state index in [2.05, 4.69) is 78.8 Å². The number of aliphatic hydroxyl groups excluding tert-OH is 3. The Labute approximate surface area is 367 Å². The first-order chi connectivity index (χ1) is 28.9. The van der Waals surface area contributed by atoms with Gasteiger partial charge in [0.25, 0.3) is 0 Å². The summed E-state index contributed by atoms with van der Waals surface area (Å²) in [5.74, 6) is 5.07. The molecule has 3 N–H and O–H groups in total. The SMILES string of the molecule is CCCCC/C=C\C/C=C\CCCCCCCC(=O)O[C@@H]1[C@@H](O)[C@H](O[C@H]2CC[C@@]3(C)C(=CC[C@H]4[C@@H]5CC[C@H]([C@H](C)CC[C@@H](CC)C(C)C)[C@@]5(C)CC[C@@H]43)C2)O[C@H](CO)[C@H]1O. The fourth-order valence-electron chi connectivity index (χ4n) is 13.2. The van der Waals surface area contributed by atoms with Crippen LogP contribution in [-0.4, -0.2) is 64.7 Å². The largest absolute Gasteiger partial charge is 0.456 e. The van der Waals surface area contributed by atoms with Gasteiger partial charge in [0.15, 0.2) is 12.4 Å². The minimum Gasteiger partial charge on any atom is -0.456 e. The molecule has 1 heterocycles. The van der Waals surface area contributed by atoms with Crippen LogP contribution in [0.4, 0.5) is 0 Å². The molecule has 3 saturated carbocycles. The Morgan fingerprint density at radius 3 is 2.28 bits per heavy atom. The standard InChI is InChI=1S/C53H90O7/c1-8-10-11-12-13-14-15-16-17-18-19-20-21-22-23-24-47(55)60-50-48(56)46(36-54)59-51(49(50)57)58-41-31-33-52(6)40(35-41)27-28-42-44-30-29-43(53(44,7)34-32-45(42)52)38(5)25-26-39(9-2)37(3)4/h13-14,16-17,27,37-39,41-46,48-51,54,56-57H,8-12,15,18-26,28-36H2,1-7H3/b14-13-,17-16-/t38-,39-,41+,42+,43-,44+,45+,46-,48-,49-,50+,51-,52+,53-/m1/s1. The van der Waals surface area contributed by atoms with Crippen molar-refractivity contribution in [2.24, 2.45) is 52.3 Å². The van der Waals surface area contributed by atoms with Gasteiger partial charge in [0.05, 0.1) is 12.7 Å². The third-order valence-corrected chi connectivity index (χ3v) is 17.0. The molecule has 0 amide bonds. The predicted molar refractivity (Wildman–Crippen MR) is 244 cm³/mol. The average molecular weight is 839 g/mol. The van der Waals surface area contributed by atoms with Crippen LogP contribution in [0.1, 0.15) is 196 Å². The summed E-state index contributed by atoms with van der Waals surface area (Å²) in [7, 11) is 0. The fraction of sp³-hybridized carbons (Fsp3) is 0.868. The molecule has 5 rings (SSSR count). The highest BCUT2D eigenvalue weighted by molar-refractivity contribution is 5.69. The van der Waals surface area contributed by atoms with Gasteiger partial charge in [-0.15, -0.1) is 0 Å². The normalized spacial score (nSPS) is 36.5. The zero-order valence-electron chi connectivity index (χ0n) is 39.3. The zero-order chi connectivity index (χ0) is 43.3. The maximum absolute atomic E-state index is 13.0. The highest BCUT2D eigenvalue weighted by atomic mass is 16.7. The van der Waals surface area contributed by atoms with Gasteiger partial charge in [-0.05, 0) is 149 Å². The third-order valence-electron chi connectivity index (χ3n) is 17.0. The molecule has 1 saturated heterocycles. The van der Waals surface area contributed by atoms with Crippen molar-refractivity contribution in [2.75, 3.05) is 6.61 Å². The molecule has 1 aliphatic heterocycles. The van der Waals surface area contributed by atoms with E-state index in [1.165, 1.54) is 76.2 Å². The minimum atomic E-state index is -1.35. The lowest BCUT2D eigenvalue weighted by Crippen LogP contribution is -2.61. The van der Waals surface area contributed by atoms with Gasteiger partial charge in [-0.1, -0.05) is 129 Å². The van der Waals surface area contributed by atoms with Crippen LogP contribution in [0.2, 0.25) is 0 Å². The van der Waals surface area contributed by atoms with E-state index in [9.17, 15) is 20.1 Å². The highest BCUT2D eigenvalue weighted by Crippen LogP contribution is 2.67. The van der Waals surface area contributed by atoms with Gasteiger partial charge in [-0.25, -0.2) is 0 Å². The number of fused-ring (bicyclic) bond motifs is 5. The monoisotopic (exact) mass is 839 g/mol. The zero-order valence-corrected chi connectivity index (χ0v) is 39.3. The van der Waals surface area contributed by atoms with Gasteiger partial charge in [0.1, 0.15) is 18.3 Å². The number of hydrogen-bond donors (Lipinski definition) is 3. The number of ether oxygens (including phenoxy) is 3. The molecule has 4 aliphatic carbocycles. The second-order valence-corrected chi connectivity index (χ2v) is 21.1. The van der Waals surface area contributed by atoms with Crippen molar-refractivity contribution in [3.63, 3.8) is 0 Å². The number of unbranched alkanes of at least 4 members (excludes halogenated alkanes) is 8. The van der Waals surface area contributed by atoms with Crippen LogP contribution in [0, 0.1) is 52.3 Å². The maximum atomic E-state index is 13.0. The molecule has 0 bridgehead atoms. The van der Waals surface area contributed by atoms with Crippen LogP contribution in [0.5, 0.6) is 0 Å². The van der Waals surface area contributed by atoms with Crippen LogP contribution >= 0.6 is 0 Å². The van der Waals surface area contributed by atoms with E-state index in [1.807, 2.05) is 0 Å². The molecule has 4 fully saturated rings. The first-order valence-electron chi connectivity index (χ1n) is 25.3. The highest BCUT2D eigenvalue weighted by Gasteiger charge is 2.59. The number of aliphatic hydroxyl groups is 3. The number of esters is 1. The summed E-state index contributed by atoms with van der Waals surface area (Å²) in [6.45, 7) is 16.7. The number of hydrogen-bond acceptors (Lipinski definition) is 7. The number of carbonyl (C=O) groups excluding carboxylic acids is 1. The molecule has 0 spiro atoms. The summed E-state index contributed by atoms with van der Waals surface area (Å²) in [4.78, 5) is 13.0. The summed E-state index contributed by atoms with van der Waals surface area (Å²) >= 11 is 0. The van der Waals surface area contributed by atoms with E-state index < -0.39 is 43.3 Å². The molecule has 0 radical (unpaired) electrons. The number of carbonyl (C=O) groups is 1. The van der Waals surface area contributed by atoms with Crippen molar-refractivity contribution in [3.8, 4) is 0 Å². The maximum Gasteiger partial charge on any atom is 0.306 e. The second-order valence-electron chi connectivity index (χ2n) is 21.1. The molecule has 0 aromatic heterocycles. The summed E-state index contributed by atoms with van der Waals surface area (Å²) < 4.78 is 18.2. The van der Waals surface area contributed by atoms with Crippen LogP contribution in [0.3, 0.4) is 0 Å². The van der Waals surface area contributed by atoms with Crippen molar-refractivity contribution in [3.05, 3.63) is 36.0 Å². The molecular weight excluding hydrogens is 749 g/mol. The van der Waals surface area contributed by atoms with E-state index in [-0.39, 0.29) is 17.9 Å². The van der Waals surface area contributed by atoms with E-state index in [0.29, 0.717) is 17.8 Å². The molecule has 7 nitrogen and oxygen atoms in total. The fourth-order valence-corrected chi connectivity index (χ4v) is 13.2. The van der Waals surface area contributed by atoms with E-state index in [0.717, 1.165) is 99.7 Å². The van der Waals surface area contributed by atoms with Crippen molar-refractivity contribution >= 4 is 5.97 Å². The Kier molecular flexibility index (Phi) is 19.8. The predicted octanol–water partition coefficient (Wildman–Crippen LogP) is 12.2. The Morgan fingerprint density at radius 2 is 1.58 bits per heavy atom. The van der Waals surface area contributed by atoms with Crippen LogP contribution in [0.15, 0.2) is 36.0 Å². The van der Waals surface area contributed by atoms with E-state index in [4.69, 9.17) is 14.2 Å². The smallest absolute Gasteiger partial charge is 0.306 e. The van der Waals surface area contributed by atoms with Crippen LogP contribution < -0.4 is 0 Å². The lowest BCUT2D eigenvalue weighted by molar-refractivity contribution is -0.314. The summed E-state index contributed by atoms with van der Waals surface area (Å²) in [6.07, 6.45) is 31.1. The summed E-state index contributed by atoms with van der Waals surface area (Å²) in [5.41, 5.74) is 2.11. The molecule has 5 aliphatic rings. The Morgan fingerprint density at radius 1 is 0.867 bits per heavy atom. The summed E-state index contributed by atoms with van der Waals surface area (Å²) in [5, 5.41) is 32.5. The average Bonchev–Trinajstić information content (AvgIpc) is 3.59. The van der Waals surface area contributed by atoms with Crippen LogP contribution in [0.25, 0.3) is 0 Å². The second kappa shape index (κ2) is 24.0. The Bertz CT molecular complexity index is 1370. The molecular formula is C53H90O7. The molecule has 7 heteroatoms. The first kappa shape index (κ1) is 49.5. The Hall–Kier alpha value is -1.51. The summed E-state index contributed by atoms with van der Waals surface area (Å²) in [6, 6.07) is 0. The van der Waals surface area contributed by atoms with Crippen LogP contribution in [-0.2, 0) is 19.0 Å². The topological polar surface area (TPSA) is 105 Å². The van der Waals surface area contributed by atoms with Crippen molar-refractivity contribution < 1.29 is 34.3 Å². The quantitative estimate of drug-likeness (QED) is 0.0505. The Balaban J connectivity index is 1.06. The lowest BCUT2D eigenvalue weighted by Gasteiger charge is -2.58. The number of allylic oxidation sites excluding steroid dienone is 5. The van der Waals surface area contributed by atoms with Gasteiger partial charge in [0.2, 0.25) is 0 Å².